The van der Waals surface area contributed by atoms with E-state index in [-0.39, 0.29) is 42.4 Å². The lowest BCUT2D eigenvalue weighted by atomic mass is 9.85. The van der Waals surface area contributed by atoms with Crippen LogP contribution in [0.1, 0.15) is 26.2 Å². The number of ether oxygens (including phenoxy) is 1. The Bertz CT molecular complexity index is 1200. The molecule has 13 heteroatoms. The van der Waals surface area contributed by atoms with Crippen molar-refractivity contribution in [2.45, 2.75) is 26.2 Å². The maximum atomic E-state index is 14.9. The molecule has 0 spiro atoms. The van der Waals surface area contributed by atoms with Crippen LogP contribution in [0.5, 0.6) is 5.75 Å². The molecule has 0 aliphatic carbocycles. The van der Waals surface area contributed by atoms with Crippen LogP contribution in [0.25, 0.3) is 0 Å². The second-order valence-electron chi connectivity index (χ2n) is 10.1. The highest BCUT2D eigenvalue weighted by molar-refractivity contribution is 5.75. The van der Waals surface area contributed by atoms with Gasteiger partial charge in [-0.25, -0.2) is 9.37 Å². The lowest BCUT2D eigenvalue weighted by Crippen LogP contribution is -2.48. The summed E-state index contributed by atoms with van der Waals surface area (Å²) in [5.74, 6) is -0.995. The second-order valence-corrected chi connectivity index (χ2v) is 10.1. The molecule has 12 nitrogen and oxygen atoms in total. The van der Waals surface area contributed by atoms with Crippen LogP contribution < -0.4 is 31.3 Å². The molecule has 39 heavy (non-hydrogen) atoms. The number of hydrogen-bond acceptors (Lipinski definition) is 9. The molecule has 3 amide bonds. The van der Waals surface area contributed by atoms with Gasteiger partial charge in [0.15, 0.2) is 11.6 Å². The number of halogens is 1. The number of piperazine rings is 1. The zero-order valence-corrected chi connectivity index (χ0v) is 22.2. The van der Waals surface area contributed by atoms with Gasteiger partial charge in [0.2, 0.25) is 23.7 Å². The lowest BCUT2D eigenvalue weighted by Gasteiger charge is -2.38. The van der Waals surface area contributed by atoms with E-state index in [1.54, 1.807) is 18.9 Å². The predicted octanol–water partition coefficient (Wildman–Crippen LogP) is 1.23. The monoisotopic (exact) mass is 542 g/mol. The largest absolute Gasteiger partial charge is 0.494 e. The van der Waals surface area contributed by atoms with Crippen molar-refractivity contribution in [3.05, 3.63) is 30.2 Å². The van der Waals surface area contributed by atoms with Crippen molar-refractivity contribution >= 4 is 40.9 Å². The van der Waals surface area contributed by atoms with Crippen LogP contribution in [-0.4, -0.2) is 79.0 Å². The van der Waals surface area contributed by atoms with Crippen molar-refractivity contribution in [2.75, 3.05) is 61.5 Å². The average Bonchev–Trinajstić information content (AvgIpc) is 2.89. The van der Waals surface area contributed by atoms with Crippen LogP contribution in [0.4, 0.5) is 27.5 Å². The number of nitrogens with zero attached hydrogens (tertiary/aromatic N) is 5. The molecule has 0 bridgehead atoms. The first-order chi connectivity index (χ1) is 18.6. The number of piperidine rings is 1. The molecule has 0 radical (unpaired) electrons. The van der Waals surface area contributed by atoms with E-state index in [9.17, 15) is 18.8 Å². The topological polar surface area (TPSA) is 160 Å². The number of nitrogens with two attached hydrogens (primary N) is 2. The van der Waals surface area contributed by atoms with E-state index in [2.05, 4.69) is 20.2 Å². The number of carbonyl (C=O) groups excluding carboxylic acids is 3. The molecular formula is C26H35FN8O4. The minimum atomic E-state index is -0.620. The summed E-state index contributed by atoms with van der Waals surface area (Å²) in [6.45, 7) is 5.03. The Labute approximate surface area is 226 Å². The van der Waals surface area contributed by atoms with Gasteiger partial charge < -0.3 is 36.2 Å². The summed E-state index contributed by atoms with van der Waals surface area (Å²) in [6.07, 6.45) is 1.92. The first-order valence-electron chi connectivity index (χ1n) is 12.9. The number of aromatic nitrogens is 2. The summed E-state index contributed by atoms with van der Waals surface area (Å²) in [5, 5.41) is 3.11. The predicted molar refractivity (Wildman–Crippen MR) is 144 cm³/mol. The van der Waals surface area contributed by atoms with Crippen LogP contribution in [-0.2, 0) is 14.4 Å². The summed E-state index contributed by atoms with van der Waals surface area (Å²) < 4.78 is 20.5. The maximum absolute atomic E-state index is 14.9. The van der Waals surface area contributed by atoms with Gasteiger partial charge in [0.05, 0.1) is 19.0 Å². The smallest absolute Gasteiger partial charge is 0.229 e. The molecule has 5 N–H and O–H groups in total. The van der Waals surface area contributed by atoms with Crippen molar-refractivity contribution in [3.8, 4) is 5.75 Å². The quantitative estimate of drug-likeness (QED) is 0.423. The molecule has 0 saturated carbocycles. The van der Waals surface area contributed by atoms with E-state index in [1.165, 1.54) is 0 Å². The van der Waals surface area contributed by atoms with Crippen LogP contribution >= 0.6 is 0 Å². The molecule has 1 aromatic carbocycles. The highest BCUT2D eigenvalue weighted by atomic mass is 19.1. The number of methoxy groups -OCH3 is 1. The van der Waals surface area contributed by atoms with Gasteiger partial charge in [-0.3, -0.25) is 14.4 Å². The molecular weight excluding hydrogens is 507 g/mol. The normalized spacial score (nSPS) is 19.5. The van der Waals surface area contributed by atoms with Gasteiger partial charge in [-0.1, -0.05) is 0 Å². The third kappa shape index (κ3) is 7.03. The summed E-state index contributed by atoms with van der Waals surface area (Å²) in [5.41, 5.74) is 12.4. The standard InChI is InChI=1S/C26H35FN8O4/c1-16(36)33-5-7-34(8-6-33)19-3-4-21(22(12-19)39-2)31-26-30-13-20(27)25(32-26)35-14-17(10-23(28)37)9-18(15-35)11-24(29)38/h3-4,12-13,17-18H,5-11,14-15H2,1-2H3,(H2,28,37)(H2,29,38)(H,30,31,32)/t17-,18+. The second kappa shape index (κ2) is 12.1. The third-order valence-corrected chi connectivity index (χ3v) is 7.15. The Morgan fingerprint density at radius 3 is 2.26 bits per heavy atom. The van der Waals surface area contributed by atoms with Crippen molar-refractivity contribution in [1.82, 2.24) is 14.9 Å². The number of rotatable bonds is 9. The Balaban J connectivity index is 1.52. The van der Waals surface area contributed by atoms with E-state index >= 15 is 0 Å². The number of nitrogens with one attached hydrogen (secondary N) is 1. The Kier molecular flexibility index (Phi) is 8.67. The number of amides is 3. The van der Waals surface area contributed by atoms with Gasteiger partial charge >= 0.3 is 0 Å². The van der Waals surface area contributed by atoms with Gasteiger partial charge in [-0.15, -0.1) is 0 Å². The Morgan fingerprint density at radius 2 is 1.69 bits per heavy atom. The van der Waals surface area contributed by atoms with Gasteiger partial charge in [-0.2, -0.15) is 4.98 Å². The van der Waals surface area contributed by atoms with Crippen LogP contribution in [0, 0.1) is 17.7 Å². The Morgan fingerprint density at radius 1 is 1.05 bits per heavy atom. The molecule has 3 heterocycles. The molecule has 210 valence electrons. The average molecular weight is 543 g/mol. The van der Waals surface area contributed by atoms with Gasteiger partial charge in [-0.05, 0) is 30.4 Å². The number of hydrogen-bond donors (Lipinski definition) is 3. The molecule has 2 aliphatic heterocycles. The zero-order valence-electron chi connectivity index (χ0n) is 22.2. The van der Waals surface area contributed by atoms with E-state index in [1.807, 2.05) is 23.1 Å². The molecule has 1 aromatic heterocycles. The number of benzene rings is 1. The SMILES string of the molecule is COc1cc(N2CCN(C(C)=O)CC2)ccc1Nc1ncc(F)c(N2C[C@H](CC(N)=O)C[C@H](CC(N)=O)C2)n1. The van der Waals surface area contributed by atoms with E-state index in [0.717, 1.165) is 11.9 Å². The highest BCUT2D eigenvalue weighted by Gasteiger charge is 2.31. The van der Waals surface area contributed by atoms with E-state index in [4.69, 9.17) is 16.2 Å². The van der Waals surface area contributed by atoms with Crippen LogP contribution in [0.15, 0.2) is 24.4 Å². The van der Waals surface area contributed by atoms with E-state index in [0.29, 0.717) is 57.1 Å². The first kappa shape index (κ1) is 27.9. The number of anilines is 4. The van der Waals surface area contributed by atoms with Crippen molar-refractivity contribution in [3.63, 3.8) is 0 Å². The Hall–Kier alpha value is -4.16. The molecule has 2 saturated heterocycles. The van der Waals surface area contributed by atoms with Crippen LogP contribution in [0.3, 0.4) is 0 Å². The molecule has 2 fully saturated rings. The van der Waals surface area contributed by atoms with E-state index < -0.39 is 17.6 Å². The highest BCUT2D eigenvalue weighted by Crippen LogP contribution is 2.34. The van der Waals surface area contributed by atoms with Gasteiger partial charge in [0.25, 0.3) is 0 Å². The molecule has 2 aliphatic rings. The fourth-order valence-corrected chi connectivity index (χ4v) is 5.38. The van der Waals surface area contributed by atoms with Gasteiger partial charge in [0, 0.05) is 70.8 Å². The molecule has 4 rings (SSSR count). The van der Waals surface area contributed by atoms with Crippen molar-refractivity contribution in [2.24, 2.45) is 23.3 Å². The summed E-state index contributed by atoms with van der Waals surface area (Å²) >= 11 is 0. The minimum Gasteiger partial charge on any atom is -0.494 e. The summed E-state index contributed by atoms with van der Waals surface area (Å²) in [6, 6.07) is 5.67. The van der Waals surface area contributed by atoms with Crippen molar-refractivity contribution < 1.29 is 23.5 Å². The fraction of sp³-hybridized carbons (Fsp3) is 0.500. The number of carbonyl (C=O) groups is 3. The van der Waals surface area contributed by atoms with Gasteiger partial charge in [0.1, 0.15) is 5.75 Å². The molecule has 2 aromatic rings. The first-order valence-corrected chi connectivity index (χ1v) is 12.9. The number of primary amides is 2. The fourth-order valence-electron chi connectivity index (χ4n) is 5.38. The minimum absolute atomic E-state index is 0.0649. The zero-order chi connectivity index (χ0) is 28.1. The van der Waals surface area contributed by atoms with Crippen LogP contribution in [0.2, 0.25) is 0 Å². The summed E-state index contributed by atoms with van der Waals surface area (Å²) in [7, 11) is 1.56. The molecule has 0 unspecified atom stereocenters. The maximum Gasteiger partial charge on any atom is 0.229 e. The molecule has 2 atom stereocenters. The third-order valence-electron chi connectivity index (χ3n) is 7.15. The van der Waals surface area contributed by atoms with Crippen molar-refractivity contribution in [1.29, 1.82) is 0 Å². The summed E-state index contributed by atoms with van der Waals surface area (Å²) in [4.78, 5) is 49.0. The lowest BCUT2D eigenvalue weighted by molar-refractivity contribution is -0.129.